The van der Waals surface area contributed by atoms with E-state index < -0.39 is 11.8 Å². The number of ether oxygens (including phenoxy) is 1. The second-order valence-electron chi connectivity index (χ2n) is 4.67. The monoisotopic (exact) mass is 256 g/mol. The largest absolute Gasteiger partial charge is 0.465 e. The zero-order valence-corrected chi connectivity index (χ0v) is 10.2. The van der Waals surface area contributed by atoms with Crippen LogP contribution in [-0.4, -0.2) is 36.5 Å². The van der Waals surface area contributed by atoms with E-state index >= 15 is 0 Å². The van der Waals surface area contributed by atoms with Crippen LogP contribution < -0.4 is 21.3 Å². The fraction of sp³-hybridized carbons (Fsp3) is 0.700. The van der Waals surface area contributed by atoms with Crippen LogP contribution in [0.25, 0.3) is 0 Å². The second kappa shape index (κ2) is 4.35. The molecule has 0 aromatic heterocycles. The number of nitrogens with one attached hydrogen (secondary N) is 4. The highest BCUT2D eigenvalue weighted by atomic mass is 16.5. The van der Waals surface area contributed by atoms with Gasteiger partial charge in [0, 0.05) is 6.42 Å². The Labute approximate surface area is 104 Å². The molecule has 8 nitrogen and oxygen atoms in total. The topological polar surface area (TPSA) is 109 Å². The highest BCUT2D eigenvalue weighted by Gasteiger charge is 2.53. The zero-order valence-electron chi connectivity index (χ0n) is 10.2. The van der Waals surface area contributed by atoms with Crippen molar-refractivity contribution < 1.29 is 19.1 Å². The van der Waals surface area contributed by atoms with Crippen molar-refractivity contribution in [2.45, 2.75) is 32.1 Å². The fourth-order valence-corrected chi connectivity index (χ4v) is 1.95. The molecule has 0 atom stereocenters. The van der Waals surface area contributed by atoms with Gasteiger partial charge in [0.05, 0.1) is 12.5 Å². The summed E-state index contributed by atoms with van der Waals surface area (Å²) in [5, 5.41) is 10.4. The van der Waals surface area contributed by atoms with Gasteiger partial charge in [0.1, 0.15) is 6.17 Å². The van der Waals surface area contributed by atoms with Crippen LogP contribution in [-0.2, 0) is 9.53 Å². The van der Waals surface area contributed by atoms with Crippen LogP contribution >= 0.6 is 0 Å². The van der Waals surface area contributed by atoms with Crippen LogP contribution in [0.3, 0.4) is 0 Å². The highest BCUT2D eigenvalue weighted by molar-refractivity contribution is 5.86. The number of urea groups is 2. The van der Waals surface area contributed by atoms with Gasteiger partial charge in [-0.2, -0.15) is 0 Å². The molecule has 0 unspecified atom stereocenters. The molecule has 4 N–H and O–H groups in total. The van der Waals surface area contributed by atoms with Crippen molar-refractivity contribution in [3.05, 3.63) is 0 Å². The lowest BCUT2D eigenvalue weighted by Crippen LogP contribution is -2.57. The van der Waals surface area contributed by atoms with Gasteiger partial charge < -0.3 is 26.0 Å². The molecule has 0 aromatic rings. The summed E-state index contributed by atoms with van der Waals surface area (Å²) >= 11 is 0. The van der Waals surface area contributed by atoms with Crippen molar-refractivity contribution >= 4 is 18.0 Å². The number of hydrogen-bond acceptors (Lipinski definition) is 4. The van der Waals surface area contributed by atoms with E-state index in [9.17, 15) is 14.4 Å². The number of carbonyl (C=O) groups is 3. The second-order valence-corrected chi connectivity index (χ2v) is 4.67. The standard InChI is InChI=1S/C10H16N4O4/c1-5(2)6(15)18-4-3-10-7(11-8(16)13-10)12-9(17)14-10/h5,7H,3-4H2,1-2H3,(H2,11,13,16)(H2,12,14,17)/t7-,10+. The van der Waals surface area contributed by atoms with Crippen LogP contribution in [0.1, 0.15) is 20.3 Å². The molecule has 0 bridgehead atoms. The average Bonchev–Trinajstić information content (AvgIpc) is 2.68. The summed E-state index contributed by atoms with van der Waals surface area (Å²) in [5.41, 5.74) is -0.925. The van der Waals surface area contributed by atoms with E-state index in [0.29, 0.717) is 6.42 Å². The first-order chi connectivity index (χ1) is 8.43. The molecule has 0 saturated carbocycles. The first-order valence-electron chi connectivity index (χ1n) is 5.77. The highest BCUT2D eigenvalue weighted by Crippen LogP contribution is 2.20. The van der Waals surface area contributed by atoms with E-state index in [1.165, 1.54) is 0 Å². The average molecular weight is 256 g/mol. The molecule has 0 spiro atoms. The Morgan fingerprint density at radius 3 is 2.33 bits per heavy atom. The Balaban J connectivity index is 1.92. The van der Waals surface area contributed by atoms with Gasteiger partial charge in [-0.15, -0.1) is 0 Å². The lowest BCUT2D eigenvalue weighted by molar-refractivity contribution is -0.147. The summed E-state index contributed by atoms with van der Waals surface area (Å²) in [6, 6.07) is -0.745. The molecular formula is C10H16N4O4. The van der Waals surface area contributed by atoms with Crippen LogP contribution in [0.5, 0.6) is 0 Å². The molecule has 0 aromatic carbocycles. The van der Waals surface area contributed by atoms with Crippen molar-refractivity contribution in [1.82, 2.24) is 21.3 Å². The Morgan fingerprint density at radius 2 is 1.83 bits per heavy atom. The minimum Gasteiger partial charge on any atom is -0.465 e. The van der Waals surface area contributed by atoms with E-state index in [-0.39, 0.29) is 30.6 Å². The predicted octanol–water partition coefficient (Wildman–Crippen LogP) is -0.776. The molecule has 0 aliphatic carbocycles. The van der Waals surface area contributed by atoms with Crippen molar-refractivity contribution in [2.24, 2.45) is 5.92 Å². The van der Waals surface area contributed by atoms with Gasteiger partial charge in [-0.05, 0) is 0 Å². The maximum Gasteiger partial charge on any atom is 0.318 e. The van der Waals surface area contributed by atoms with Gasteiger partial charge >= 0.3 is 18.0 Å². The number of fused-ring (bicyclic) bond motifs is 1. The van der Waals surface area contributed by atoms with Gasteiger partial charge in [0.25, 0.3) is 0 Å². The predicted molar refractivity (Wildman–Crippen MR) is 60.3 cm³/mol. The first kappa shape index (κ1) is 12.5. The third kappa shape index (κ3) is 2.18. The molecule has 0 radical (unpaired) electrons. The van der Waals surface area contributed by atoms with Crippen molar-refractivity contribution in [2.75, 3.05) is 6.61 Å². The lowest BCUT2D eigenvalue weighted by Gasteiger charge is -2.26. The van der Waals surface area contributed by atoms with E-state index in [1.54, 1.807) is 13.8 Å². The number of carbonyl (C=O) groups excluding carboxylic acids is 3. The molecule has 2 aliphatic heterocycles. The normalized spacial score (nSPS) is 29.2. The maximum absolute atomic E-state index is 11.3. The Bertz CT molecular complexity index is 375. The zero-order chi connectivity index (χ0) is 13.3. The molecular weight excluding hydrogens is 240 g/mol. The summed E-state index contributed by atoms with van der Waals surface area (Å²) < 4.78 is 5.04. The molecule has 2 rings (SSSR count). The Hall–Kier alpha value is -1.99. The van der Waals surface area contributed by atoms with E-state index in [0.717, 1.165) is 0 Å². The minimum atomic E-state index is -0.925. The van der Waals surface area contributed by atoms with Gasteiger partial charge in [0.2, 0.25) is 0 Å². The van der Waals surface area contributed by atoms with Gasteiger partial charge in [0.15, 0.2) is 5.66 Å². The molecule has 2 aliphatic rings. The third-order valence-corrected chi connectivity index (χ3v) is 2.93. The SMILES string of the molecule is CC(C)C(=O)OCC[C@]12NC(=O)N[C@H]1NC(=O)N2. The van der Waals surface area contributed by atoms with E-state index in [1.807, 2.05) is 0 Å². The van der Waals surface area contributed by atoms with Crippen molar-refractivity contribution in [1.29, 1.82) is 0 Å². The van der Waals surface area contributed by atoms with Gasteiger partial charge in [-0.25, -0.2) is 9.59 Å². The molecule has 100 valence electrons. The number of amides is 4. The molecule has 2 fully saturated rings. The quantitative estimate of drug-likeness (QED) is 0.495. The molecule has 18 heavy (non-hydrogen) atoms. The van der Waals surface area contributed by atoms with Gasteiger partial charge in [-0.3, -0.25) is 4.79 Å². The van der Waals surface area contributed by atoms with Crippen molar-refractivity contribution in [3.8, 4) is 0 Å². The summed E-state index contributed by atoms with van der Waals surface area (Å²) in [6.07, 6.45) is -0.233. The number of hydrogen-bond donors (Lipinski definition) is 4. The molecule has 2 heterocycles. The van der Waals surface area contributed by atoms with Crippen molar-refractivity contribution in [3.63, 3.8) is 0 Å². The fourth-order valence-electron chi connectivity index (χ4n) is 1.95. The third-order valence-electron chi connectivity index (χ3n) is 2.93. The molecule has 2 saturated heterocycles. The van der Waals surface area contributed by atoms with Gasteiger partial charge in [-0.1, -0.05) is 13.8 Å². The maximum atomic E-state index is 11.3. The first-order valence-corrected chi connectivity index (χ1v) is 5.77. The van der Waals surface area contributed by atoms with Crippen LogP contribution in [0, 0.1) is 5.92 Å². The van der Waals surface area contributed by atoms with Crippen LogP contribution in [0.4, 0.5) is 9.59 Å². The lowest BCUT2D eigenvalue weighted by atomic mass is 10.1. The smallest absolute Gasteiger partial charge is 0.318 e. The summed E-state index contributed by atoms with van der Waals surface area (Å²) in [6.45, 7) is 3.60. The number of rotatable bonds is 4. The minimum absolute atomic E-state index is 0.122. The van der Waals surface area contributed by atoms with E-state index in [4.69, 9.17) is 4.74 Å². The molecule has 8 heteroatoms. The Morgan fingerprint density at radius 1 is 1.28 bits per heavy atom. The summed E-state index contributed by atoms with van der Waals surface area (Å²) in [7, 11) is 0. The van der Waals surface area contributed by atoms with Crippen LogP contribution in [0.15, 0.2) is 0 Å². The Kier molecular flexibility index (Phi) is 3.02. The number of esters is 1. The summed E-state index contributed by atoms with van der Waals surface area (Å²) in [5.74, 6) is -0.511. The summed E-state index contributed by atoms with van der Waals surface area (Å²) in [4.78, 5) is 33.8. The van der Waals surface area contributed by atoms with E-state index in [2.05, 4.69) is 21.3 Å². The van der Waals surface area contributed by atoms with Crippen LogP contribution in [0.2, 0.25) is 0 Å². The molecule has 4 amide bonds.